The molecule has 4 heteroatoms. The predicted octanol–water partition coefficient (Wildman–Crippen LogP) is 4.06. The molecule has 0 aromatic heterocycles. The van der Waals surface area contributed by atoms with Crippen molar-refractivity contribution in [3.63, 3.8) is 0 Å². The van der Waals surface area contributed by atoms with E-state index in [4.69, 9.17) is 0 Å². The van der Waals surface area contributed by atoms with Crippen LogP contribution in [0.3, 0.4) is 0 Å². The standard InChI is InChI=1S/C15H21BrFNO/c1-10-6-5-7-11(13(10)17)14(19)18-12(8-9-16)15(2,3)4/h5-7,12H,8-9H2,1-4H3,(H,18,19). The SMILES string of the molecule is Cc1cccc(C(=O)NC(CCBr)C(C)(C)C)c1F. The van der Waals surface area contributed by atoms with E-state index in [1.54, 1.807) is 19.1 Å². The Bertz CT molecular complexity index is 454. The summed E-state index contributed by atoms with van der Waals surface area (Å²) in [6.45, 7) is 7.85. The van der Waals surface area contributed by atoms with Crippen LogP contribution in [-0.2, 0) is 0 Å². The summed E-state index contributed by atoms with van der Waals surface area (Å²) in [5, 5.41) is 3.73. The molecular weight excluding hydrogens is 309 g/mol. The first-order valence-corrected chi connectivity index (χ1v) is 7.51. The molecule has 0 radical (unpaired) electrons. The lowest BCUT2D eigenvalue weighted by molar-refractivity contribution is 0.0896. The Labute approximate surface area is 122 Å². The van der Waals surface area contributed by atoms with E-state index in [1.165, 1.54) is 6.07 Å². The van der Waals surface area contributed by atoms with Crippen molar-refractivity contribution in [2.45, 2.75) is 40.2 Å². The van der Waals surface area contributed by atoms with Crippen molar-refractivity contribution >= 4 is 21.8 Å². The molecule has 1 atom stereocenters. The molecule has 19 heavy (non-hydrogen) atoms. The van der Waals surface area contributed by atoms with E-state index < -0.39 is 5.82 Å². The van der Waals surface area contributed by atoms with E-state index in [0.717, 1.165) is 11.8 Å². The molecule has 1 rings (SSSR count). The van der Waals surface area contributed by atoms with E-state index in [2.05, 4.69) is 42.0 Å². The number of aryl methyl sites for hydroxylation is 1. The van der Waals surface area contributed by atoms with Crippen LogP contribution in [0.25, 0.3) is 0 Å². The molecule has 0 spiro atoms. The normalized spacial score (nSPS) is 13.2. The first-order valence-electron chi connectivity index (χ1n) is 6.39. The van der Waals surface area contributed by atoms with Gasteiger partial charge in [0.05, 0.1) is 5.56 Å². The lowest BCUT2D eigenvalue weighted by Crippen LogP contribution is -2.44. The Hall–Kier alpha value is -0.900. The van der Waals surface area contributed by atoms with Crippen LogP contribution in [0.4, 0.5) is 4.39 Å². The van der Waals surface area contributed by atoms with Crippen molar-refractivity contribution in [2.24, 2.45) is 5.41 Å². The number of carbonyl (C=O) groups excluding carboxylic acids is 1. The molecule has 106 valence electrons. The van der Waals surface area contributed by atoms with Gasteiger partial charge < -0.3 is 5.32 Å². The Morgan fingerprint density at radius 1 is 1.42 bits per heavy atom. The third-order valence-electron chi connectivity index (χ3n) is 3.18. The van der Waals surface area contributed by atoms with Gasteiger partial charge in [0.15, 0.2) is 0 Å². The fourth-order valence-electron chi connectivity index (χ4n) is 1.89. The number of rotatable bonds is 4. The average molecular weight is 330 g/mol. The summed E-state index contributed by atoms with van der Waals surface area (Å²) >= 11 is 3.39. The summed E-state index contributed by atoms with van der Waals surface area (Å²) < 4.78 is 13.9. The summed E-state index contributed by atoms with van der Waals surface area (Å²) in [5.41, 5.74) is 0.535. The van der Waals surface area contributed by atoms with E-state index in [-0.39, 0.29) is 22.9 Å². The molecule has 1 aromatic carbocycles. The monoisotopic (exact) mass is 329 g/mol. The number of halogens is 2. The number of amides is 1. The quantitative estimate of drug-likeness (QED) is 0.829. The zero-order valence-corrected chi connectivity index (χ0v) is 13.5. The highest BCUT2D eigenvalue weighted by Crippen LogP contribution is 2.23. The Morgan fingerprint density at radius 3 is 2.58 bits per heavy atom. The van der Waals surface area contributed by atoms with Crippen molar-refractivity contribution in [1.82, 2.24) is 5.32 Å². The topological polar surface area (TPSA) is 29.1 Å². The van der Waals surface area contributed by atoms with Crippen molar-refractivity contribution < 1.29 is 9.18 Å². The summed E-state index contributed by atoms with van der Waals surface area (Å²) in [5.74, 6) is -0.784. The van der Waals surface area contributed by atoms with Crippen LogP contribution in [0, 0.1) is 18.2 Å². The molecule has 1 amide bonds. The molecule has 0 bridgehead atoms. The number of benzene rings is 1. The minimum absolute atomic E-state index is 0.000660. The van der Waals surface area contributed by atoms with Crippen LogP contribution < -0.4 is 5.32 Å². The minimum atomic E-state index is -0.438. The Kier molecular flexibility index (Phi) is 5.53. The summed E-state index contributed by atoms with van der Waals surface area (Å²) in [6, 6.07) is 4.88. The average Bonchev–Trinajstić information content (AvgIpc) is 2.30. The van der Waals surface area contributed by atoms with Crippen LogP contribution in [0.15, 0.2) is 18.2 Å². The van der Waals surface area contributed by atoms with Crippen LogP contribution in [0.1, 0.15) is 43.1 Å². The molecule has 0 aliphatic carbocycles. The maximum Gasteiger partial charge on any atom is 0.254 e. The second-order valence-corrected chi connectivity index (χ2v) is 6.60. The molecule has 0 aliphatic heterocycles. The number of nitrogens with one attached hydrogen (secondary N) is 1. The molecule has 1 N–H and O–H groups in total. The van der Waals surface area contributed by atoms with Gasteiger partial charge in [0.2, 0.25) is 0 Å². The molecule has 1 unspecified atom stereocenters. The summed E-state index contributed by atoms with van der Waals surface area (Å²) in [6.07, 6.45) is 0.808. The minimum Gasteiger partial charge on any atom is -0.349 e. The van der Waals surface area contributed by atoms with Crippen molar-refractivity contribution in [3.8, 4) is 0 Å². The Balaban J connectivity index is 2.91. The van der Waals surface area contributed by atoms with E-state index in [1.807, 2.05) is 0 Å². The first kappa shape index (κ1) is 16.2. The number of carbonyl (C=O) groups is 1. The smallest absolute Gasteiger partial charge is 0.254 e. The van der Waals surface area contributed by atoms with Gasteiger partial charge in [-0.2, -0.15) is 0 Å². The van der Waals surface area contributed by atoms with Crippen LogP contribution in [0.5, 0.6) is 0 Å². The fourth-order valence-corrected chi connectivity index (χ4v) is 2.35. The molecule has 1 aromatic rings. The van der Waals surface area contributed by atoms with Crippen LogP contribution in [0.2, 0.25) is 0 Å². The molecule has 0 aliphatic rings. The second kappa shape index (κ2) is 6.51. The molecule has 0 heterocycles. The van der Waals surface area contributed by atoms with Gasteiger partial charge in [-0.05, 0) is 30.4 Å². The zero-order valence-electron chi connectivity index (χ0n) is 11.9. The first-order chi connectivity index (χ1) is 8.77. The van der Waals surface area contributed by atoms with E-state index >= 15 is 0 Å². The molecular formula is C15H21BrFNO. The summed E-state index contributed by atoms with van der Waals surface area (Å²) in [7, 11) is 0. The van der Waals surface area contributed by atoms with Gasteiger partial charge in [0, 0.05) is 11.4 Å². The number of hydrogen-bond acceptors (Lipinski definition) is 1. The molecule has 0 fully saturated rings. The number of hydrogen-bond donors (Lipinski definition) is 1. The molecule has 2 nitrogen and oxygen atoms in total. The lowest BCUT2D eigenvalue weighted by atomic mass is 9.85. The van der Waals surface area contributed by atoms with Crippen molar-refractivity contribution in [2.75, 3.05) is 5.33 Å². The highest BCUT2D eigenvalue weighted by atomic mass is 79.9. The zero-order chi connectivity index (χ0) is 14.6. The Morgan fingerprint density at radius 2 is 2.05 bits per heavy atom. The third kappa shape index (κ3) is 4.30. The van der Waals surface area contributed by atoms with E-state index in [0.29, 0.717) is 5.56 Å². The largest absolute Gasteiger partial charge is 0.349 e. The van der Waals surface area contributed by atoms with Gasteiger partial charge in [-0.1, -0.05) is 48.8 Å². The second-order valence-electron chi connectivity index (χ2n) is 5.81. The van der Waals surface area contributed by atoms with Crippen LogP contribution >= 0.6 is 15.9 Å². The third-order valence-corrected chi connectivity index (χ3v) is 3.64. The number of alkyl halides is 1. The fraction of sp³-hybridized carbons (Fsp3) is 0.533. The predicted molar refractivity (Wildman–Crippen MR) is 80.3 cm³/mol. The molecule has 0 saturated carbocycles. The van der Waals surface area contributed by atoms with Gasteiger partial charge >= 0.3 is 0 Å². The summed E-state index contributed by atoms with van der Waals surface area (Å²) in [4.78, 5) is 12.2. The van der Waals surface area contributed by atoms with Gasteiger partial charge in [-0.25, -0.2) is 4.39 Å². The van der Waals surface area contributed by atoms with E-state index in [9.17, 15) is 9.18 Å². The maximum atomic E-state index is 13.9. The van der Waals surface area contributed by atoms with Gasteiger partial charge in [0.1, 0.15) is 5.82 Å². The molecule has 0 saturated heterocycles. The van der Waals surface area contributed by atoms with Crippen LogP contribution in [-0.4, -0.2) is 17.3 Å². The lowest BCUT2D eigenvalue weighted by Gasteiger charge is -2.31. The maximum absolute atomic E-state index is 13.9. The van der Waals surface area contributed by atoms with Gasteiger partial charge in [-0.15, -0.1) is 0 Å². The highest BCUT2D eigenvalue weighted by Gasteiger charge is 2.26. The highest BCUT2D eigenvalue weighted by molar-refractivity contribution is 9.09. The van der Waals surface area contributed by atoms with Crippen molar-refractivity contribution in [3.05, 3.63) is 35.1 Å². The van der Waals surface area contributed by atoms with Gasteiger partial charge in [-0.3, -0.25) is 4.79 Å². The van der Waals surface area contributed by atoms with Crippen molar-refractivity contribution in [1.29, 1.82) is 0 Å². The van der Waals surface area contributed by atoms with Gasteiger partial charge in [0.25, 0.3) is 5.91 Å².